The van der Waals surface area contributed by atoms with Crippen LogP contribution in [-0.4, -0.2) is 79.9 Å². The molecule has 3 unspecified atom stereocenters. The lowest BCUT2D eigenvalue weighted by Crippen LogP contribution is -2.39. The minimum atomic E-state index is -1.74. The van der Waals surface area contributed by atoms with Gasteiger partial charge in [0.15, 0.2) is 11.5 Å². The summed E-state index contributed by atoms with van der Waals surface area (Å²) in [5.74, 6) is 1.38. The Hall–Kier alpha value is -2.97. The van der Waals surface area contributed by atoms with E-state index in [0.717, 1.165) is 5.56 Å². The Bertz CT molecular complexity index is 918. The molecule has 0 aromatic heterocycles. The number of nitrogens with zero attached hydrogens (tertiary/aromatic N) is 4. The molecule has 9 heteroatoms. The highest BCUT2D eigenvalue weighted by molar-refractivity contribution is 6.16. The smallest absolute Gasteiger partial charge is 0.289 e. The highest BCUT2D eigenvalue weighted by Crippen LogP contribution is 2.33. The molecule has 3 aliphatic rings. The Labute approximate surface area is 174 Å². The number of halogens is 1. The summed E-state index contributed by atoms with van der Waals surface area (Å²) in [6, 6.07) is 5.50. The number of ether oxygens (including phenoxy) is 2. The number of guanidine groups is 1. The normalized spacial score (nSPS) is 25.7. The zero-order chi connectivity index (χ0) is 21.4. The van der Waals surface area contributed by atoms with Crippen molar-refractivity contribution in [3.63, 3.8) is 0 Å². The largest absolute Gasteiger partial charge is 0.493 e. The van der Waals surface area contributed by atoms with Gasteiger partial charge in [-0.15, -0.1) is 0 Å². The molecule has 0 saturated carbocycles. The Balaban J connectivity index is 1.36. The fourth-order valence-corrected chi connectivity index (χ4v) is 4.35. The van der Waals surface area contributed by atoms with Crippen LogP contribution in [0, 0.1) is 11.8 Å². The Kier molecular flexibility index (Phi) is 5.44. The van der Waals surface area contributed by atoms with Crippen LogP contribution in [-0.2, 0) is 16.0 Å². The van der Waals surface area contributed by atoms with Crippen molar-refractivity contribution < 1.29 is 23.5 Å². The van der Waals surface area contributed by atoms with Gasteiger partial charge in [0.2, 0.25) is 18.0 Å². The summed E-state index contributed by atoms with van der Waals surface area (Å²) < 4.78 is 24.2. The highest BCUT2D eigenvalue weighted by Gasteiger charge is 2.43. The summed E-state index contributed by atoms with van der Waals surface area (Å²) in [4.78, 5) is 36.3. The molecule has 3 aliphatic heterocycles. The van der Waals surface area contributed by atoms with Crippen LogP contribution in [0.2, 0.25) is 0 Å². The minimum Gasteiger partial charge on any atom is -0.493 e. The van der Waals surface area contributed by atoms with Crippen molar-refractivity contribution >= 4 is 23.5 Å². The highest BCUT2D eigenvalue weighted by atomic mass is 19.1. The van der Waals surface area contributed by atoms with Gasteiger partial charge in [-0.25, -0.2) is 9.38 Å². The van der Waals surface area contributed by atoms with Gasteiger partial charge in [0.1, 0.15) is 0 Å². The molecular weight excluding hydrogens is 391 g/mol. The third kappa shape index (κ3) is 3.76. The monoisotopic (exact) mass is 416 g/mol. The first-order valence-corrected chi connectivity index (χ1v) is 9.95. The van der Waals surface area contributed by atoms with Crippen LogP contribution in [0.1, 0.15) is 12.5 Å². The van der Waals surface area contributed by atoms with Gasteiger partial charge in [-0.2, -0.15) is 4.99 Å². The van der Waals surface area contributed by atoms with Gasteiger partial charge in [-0.1, -0.05) is 6.07 Å². The summed E-state index contributed by atoms with van der Waals surface area (Å²) in [5, 5.41) is 0. The number of carbonyl (C=O) groups is 2. The van der Waals surface area contributed by atoms with E-state index in [1.165, 1.54) is 6.92 Å². The van der Waals surface area contributed by atoms with Gasteiger partial charge in [-0.3, -0.25) is 9.59 Å². The van der Waals surface area contributed by atoms with Crippen LogP contribution >= 0.6 is 0 Å². The number of alkyl halides is 1. The molecule has 0 aliphatic carbocycles. The predicted molar refractivity (Wildman–Crippen MR) is 109 cm³/mol. The van der Waals surface area contributed by atoms with E-state index in [-0.39, 0.29) is 23.5 Å². The number of aliphatic imine (C=N–C) groups is 2. The van der Waals surface area contributed by atoms with Crippen molar-refractivity contribution in [2.75, 3.05) is 40.4 Å². The maximum absolute atomic E-state index is 13.6. The average molecular weight is 416 g/mol. The van der Waals surface area contributed by atoms with Gasteiger partial charge in [0, 0.05) is 38.0 Å². The molecule has 0 radical (unpaired) electrons. The summed E-state index contributed by atoms with van der Waals surface area (Å²) >= 11 is 0. The maximum Gasteiger partial charge on any atom is 0.289 e. The molecule has 160 valence electrons. The number of methoxy groups -OCH3 is 2. The zero-order valence-corrected chi connectivity index (χ0v) is 17.3. The number of benzene rings is 1. The Morgan fingerprint density at radius 2 is 1.77 bits per heavy atom. The van der Waals surface area contributed by atoms with E-state index in [4.69, 9.17) is 9.47 Å². The van der Waals surface area contributed by atoms with Gasteiger partial charge in [0.05, 0.1) is 26.4 Å². The summed E-state index contributed by atoms with van der Waals surface area (Å²) in [5.41, 5.74) is 1.02. The summed E-state index contributed by atoms with van der Waals surface area (Å²) in [7, 11) is 3.15. The summed E-state index contributed by atoms with van der Waals surface area (Å²) in [6.45, 7) is 4.13. The molecule has 1 aromatic carbocycles. The van der Waals surface area contributed by atoms with Crippen LogP contribution in [0.15, 0.2) is 28.2 Å². The number of hydrogen-bond donors (Lipinski definition) is 0. The third-order valence-electron chi connectivity index (χ3n) is 6.00. The van der Waals surface area contributed by atoms with E-state index in [9.17, 15) is 14.0 Å². The molecule has 1 aromatic rings. The Morgan fingerprint density at radius 1 is 1.10 bits per heavy atom. The number of carbonyl (C=O) groups excluding carboxylic acids is 2. The molecule has 8 nitrogen and oxygen atoms in total. The lowest BCUT2D eigenvalue weighted by molar-refractivity contribution is -0.129. The van der Waals surface area contributed by atoms with E-state index in [0.29, 0.717) is 50.1 Å². The van der Waals surface area contributed by atoms with E-state index in [1.807, 2.05) is 21.9 Å². The van der Waals surface area contributed by atoms with Gasteiger partial charge in [-0.05, 0) is 24.6 Å². The molecule has 3 heterocycles. The molecule has 2 amide bonds. The molecule has 0 bridgehead atoms. The van der Waals surface area contributed by atoms with Crippen molar-refractivity contribution in [1.82, 2.24) is 9.80 Å². The zero-order valence-electron chi connectivity index (χ0n) is 17.3. The number of amides is 2. The van der Waals surface area contributed by atoms with Gasteiger partial charge < -0.3 is 19.3 Å². The van der Waals surface area contributed by atoms with Gasteiger partial charge >= 0.3 is 0 Å². The van der Waals surface area contributed by atoms with Crippen LogP contribution in [0.4, 0.5) is 4.39 Å². The van der Waals surface area contributed by atoms with Crippen LogP contribution in [0.3, 0.4) is 0 Å². The van der Waals surface area contributed by atoms with Crippen LogP contribution in [0.25, 0.3) is 0 Å². The van der Waals surface area contributed by atoms with E-state index < -0.39 is 12.1 Å². The third-order valence-corrected chi connectivity index (χ3v) is 6.00. The summed E-state index contributed by atoms with van der Waals surface area (Å²) in [6.07, 6.45) is -1.44. The van der Waals surface area contributed by atoms with Crippen molar-refractivity contribution in [3.8, 4) is 11.5 Å². The quantitative estimate of drug-likeness (QED) is 0.740. The first kappa shape index (κ1) is 20.3. The van der Waals surface area contributed by atoms with Crippen molar-refractivity contribution in [3.05, 3.63) is 23.8 Å². The second-order valence-corrected chi connectivity index (χ2v) is 7.96. The Morgan fingerprint density at radius 3 is 2.37 bits per heavy atom. The first-order valence-electron chi connectivity index (χ1n) is 9.95. The topological polar surface area (TPSA) is 83.8 Å². The molecule has 2 saturated heterocycles. The second-order valence-electron chi connectivity index (χ2n) is 7.96. The second kappa shape index (κ2) is 8.04. The lowest BCUT2D eigenvalue weighted by atomic mass is 10.0. The minimum absolute atomic E-state index is 0.0718. The number of hydrogen-bond acceptors (Lipinski definition) is 6. The molecule has 2 fully saturated rings. The first-order chi connectivity index (χ1) is 14.4. The average Bonchev–Trinajstić information content (AvgIpc) is 3.31. The fourth-order valence-electron chi connectivity index (χ4n) is 4.35. The van der Waals surface area contributed by atoms with Crippen molar-refractivity contribution in [2.24, 2.45) is 21.8 Å². The van der Waals surface area contributed by atoms with E-state index in [1.54, 1.807) is 20.3 Å². The molecule has 4 rings (SSSR count). The number of rotatable bonds is 4. The standard InChI is InChI=1S/C21H25FN4O4/c1-12-19(22)20(28)24-21(23-12)26-10-14-8-25(9-15(14)11-26)18(27)7-13-4-5-16(29-2)17(6-13)30-3/h4-6,14-15,19H,7-11H2,1-3H3. The number of likely N-dealkylation sites (tertiary alicyclic amines) is 2. The molecule has 0 spiro atoms. The van der Waals surface area contributed by atoms with E-state index in [2.05, 4.69) is 9.98 Å². The molecular formula is C21H25FN4O4. The maximum atomic E-state index is 13.6. The SMILES string of the molecule is COc1ccc(CC(=O)N2CC3CN(C4=NC(=O)C(F)C(C)=N4)CC3C2)cc1OC. The van der Waals surface area contributed by atoms with Gasteiger partial charge in [0.25, 0.3) is 5.91 Å². The molecule has 0 N–H and O–H groups in total. The number of fused-ring (bicyclic) bond motifs is 1. The molecule has 30 heavy (non-hydrogen) atoms. The van der Waals surface area contributed by atoms with E-state index >= 15 is 0 Å². The van der Waals surface area contributed by atoms with Crippen LogP contribution in [0.5, 0.6) is 11.5 Å². The lowest BCUT2D eigenvalue weighted by Gasteiger charge is -2.24. The molecule has 3 atom stereocenters. The fraction of sp³-hybridized carbons (Fsp3) is 0.524. The van der Waals surface area contributed by atoms with Crippen molar-refractivity contribution in [2.45, 2.75) is 19.5 Å². The van der Waals surface area contributed by atoms with Crippen molar-refractivity contribution in [1.29, 1.82) is 0 Å². The van der Waals surface area contributed by atoms with Crippen LogP contribution < -0.4 is 9.47 Å². The predicted octanol–water partition coefficient (Wildman–Crippen LogP) is 1.33.